The Bertz CT molecular complexity index is 1490. The molecule has 11 rings (SSSR count). The predicted molar refractivity (Wildman–Crippen MR) is 193 cm³/mol. The van der Waals surface area contributed by atoms with Crippen molar-refractivity contribution >= 4 is 5.97 Å². The van der Waals surface area contributed by atoms with Gasteiger partial charge in [0, 0.05) is 38.2 Å². The number of aliphatic hydroxyl groups excluding tert-OH is 2. The van der Waals surface area contributed by atoms with Gasteiger partial charge in [-0.25, -0.2) is 0 Å². The van der Waals surface area contributed by atoms with E-state index in [-0.39, 0.29) is 98.0 Å². The molecule has 2 N–H and O–H groups in total. The average molecular weight is 773 g/mol. The summed E-state index contributed by atoms with van der Waals surface area (Å²) in [4.78, 5) is 14.0. The molecule has 0 radical (unpaired) electrons. The third kappa shape index (κ3) is 6.79. The Morgan fingerprint density at radius 3 is 2.27 bits per heavy atom. The first kappa shape index (κ1) is 37.8. The van der Waals surface area contributed by atoms with Crippen molar-refractivity contribution in [2.24, 2.45) is 11.8 Å². The van der Waals surface area contributed by atoms with Gasteiger partial charge in [-0.15, -0.1) is 0 Å². The van der Waals surface area contributed by atoms with E-state index in [9.17, 15) is 15.0 Å². The summed E-state index contributed by atoms with van der Waals surface area (Å²) in [6.07, 6.45) is 2.38. The third-order valence-electron chi connectivity index (χ3n) is 14.8. The van der Waals surface area contributed by atoms with Crippen LogP contribution >= 0.6 is 0 Å². The molecule has 11 saturated heterocycles. The van der Waals surface area contributed by atoms with E-state index in [1.807, 2.05) is 6.92 Å². The van der Waals surface area contributed by atoms with Gasteiger partial charge >= 0.3 is 5.97 Å². The minimum atomic E-state index is -0.808. The van der Waals surface area contributed by atoms with Crippen molar-refractivity contribution in [3.05, 3.63) is 24.3 Å². The number of aliphatic hydroxyl groups is 2. The van der Waals surface area contributed by atoms with Gasteiger partial charge in [-0.1, -0.05) is 27.0 Å². The highest BCUT2D eigenvalue weighted by Gasteiger charge is 2.69. The van der Waals surface area contributed by atoms with Crippen LogP contribution in [0.15, 0.2) is 24.3 Å². The molecule has 0 aliphatic carbocycles. The molecule has 11 aliphatic heterocycles. The van der Waals surface area contributed by atoms with E-state index in [0.717, 1.165) is 49.7 Å². The van der Waals surface area contributed by atoms with Crippen LogP contribution in [0.1, 0.15) is 97.3 Å². The lowest BCUT2D eigenvalue weighted by atomic mass is 9.79. The van der Waals surface area contributed by atoms with E-state index in [1.54, 1.807) is 0 Å². The molecule has 0 aromatic carbocycles. The lowest BCUT2D eigenvalue weighted by Crippen LogP contribution is -2.62. The maximum absolute atomic E-state index is 14.0. The van der Waals surface area contributed by atoms with Crippen LogP contribution < -0.4 is 0 Å². The largest absolute Gasteiger partial charge is 0.459 e. The first-order valence-corrected chi connectivity index (χ1v) is 21.3. The zero-order chi connectivity index (χ0) is 37.7. The molecule has 306 valence electrons. The molecule has 4 unspecified atom stereocenters. The predicted octanol–water partition coefficient (Wildman–Crippen LogP) is 3.59. The molecule has 55 heavy (non-hydrogen) atoms. The Hall–Kier alpha value is -1.49. The minimum Gasteiger partial charge on any atom is -0.459 e. The van der Waals surface area contributed by atoms with Gasteiger partial charge in [-0.2, -0.15) is 0 Å². The topological polar surface area (TPSA) is 150 Å². The Kier molecular flexibility index (Phi) is 10.1. The number of ether oxygens (including phenoxy) is 10. The van der Waals surface area contributed by atoms with Crippen LogP contribution in [-0.4, -0.2) is 138 Å². The van der Waals surface area contributed by atoms with Crippen LogP contribution in [0.25, 0.3) is 0 Å². The van der Waals surface area contributed by atoms with Gasteiger partial charge in [0.2, 0.25) is 0 Å². The summed E-state index contributed by atoms with van der Waals surface area (Å²) in [5, 5.41) is 20.6. The van der Waals surface area contributed by atoms with Crippen molar-refractivity contribution < 1.29 is 62.4 Å². The van der Waals surface area contributed by atoms with Crippen molar-refractivity contribution in [2.75, 3.05) is 6.61 Å². The summed E-state index contributed by atoms with van der Waals surface area (Å²) < 4.78 is 66.9. The van der Waals surface area contributed by atoms with Crippen LogP contribution in [-0.2, 0) is 52.2 Å². The fourth-order valence-electron chi connectivity index (χ4n) is 11.9. The van der Waals surface area contributed by atoms with Crippen molar-refractivity contribution in [2.45, 2.75) is 213 Å². The number of esters is 1. The maximum Gasteiger partial charge on any atom is 0.308 e. The fraction of sp³-hybridized carbons (Fsp3) is 0.881. The lowest BCUT2D eigenvalue weighted by molar-refractivity contribution is -0.293. The van der Waals surface area contributed by atoms with Gasteiger partial charge in [0.1, 0.15) is 36.6 Å². The summed E-state index contributed by atoms with van der Waals surface area (Å²) >= 11 is 0. The highest BCUT2D eigenvalue weighted by Crippen LogP contribution is 2.54. The molecule has 12 bridgehead atoms. The smallest absolute Gasteiger partial charge is 0.308 e. The number of hydrogen-bond donors (Lipinski definition) is 2. The van der Waals surface area contributed by atoms with Crippen LogP contribution in [0.2, 0.25) is 0 Å². The molecular weight excluding hydrogens is 712 g/mol. The summed E-state index contributed by atoms with van der Waals surface area (Å²) in [6, 6.07) is 0. The molecule has 11 fully saturated rings. The van der Waals surface area contributed by atoms with Gasteiger partial charge in [-0.3, -0.25) is 4.79 Å². The monoisotopic (exact) mass is 772 g/mol. The van der Waals surface area contributed by atoms with Gasteiger partial charge < -0.3 is 57.6 Å². The molecule has 0 aromatic heterocycles. The highest BCUT2D eigenvalue weighted by molar-refractivity contribution is 5.70. The maximum atomic E-state index is 14.0. The second kappa shape index (κ2) is 14.7. The summed E-state index contributed by atoms with van der Waals surface area (Å²) in [5.74, 6) is -1.18. The SMILES string of the molecule is C=C1CC2CC[C@@]34CC5O[C@H]6[C@@H](O3)[C@H]3OC(CC[C@@H]3O[C@H]6[C@H]5O4)CC(=O)O[C@@H]3[C@@H](C)[C@@H]4O[C@H](CCO)[C@H](O)C[C@@H]4O[C@H]3C[C@H]3O[C@@H](CCC1O2)C[C@@H](C)C3=C. The quantitative estimate of drug-likeness (QED) is 0.312. The van der Waals surface area contributed by atoms with Crippen molar-refractivity contribution in [1.29, 1.82) is 0 Å². The van der Waals surface area contributed by atoms with E-state index in [4.69, 9.17) is 47.4 Å². The lowest BCUT2D eigenvalue weighted by Gasteiger charge is -2.51. The number of carbonyl (C=O) groups excluding carboxylic acids is 1. The summed E-state index contributed by atoms with van der Waals surface area (Å²) in [5.41, 5.74) is 2.14. The molecule has 11 heterocycles. The molecule has 13 nitrogen and oxygen atoms in total. The third-order valence-corrected chi connectivity index (χ3v) is 14.8. The minimum absolute atomic E-state index is 0.00281. The Morgan fingerprint density at radius 2 is 1.42 bits per heavy atom. The van der Waals surface area contributed by atoms with Gasteiger partial charge in [-0.05, 0) is 68.4 Å². The van der Waals surface area contributed by atoms with E-state index in [0.29, 0.717) is 38.5 Å². The standard InChI is InChI=1S/C42H60O13/c1-19-13-23-5-7-27-20(2)14-25(46-27)9-11-42-18-33-38(54-42)39-40(52-33)41(55-42)37-29(51-39)8-6-24(48-37)15-34(45)53-36-22(4)35-31(16-26(44)28(50-35)10-12-43)49-32(36)17-30(47-23)21(19)3/h19,22-33,35-41,43-44H,2-3,5-18H2,1,4H3/t19-,22+,23+,24?,25?,26-,27?,28-,29+,30-,31+,32+,33?,35+,36-,37+,38+,39+,40-,41+,42+/m1/s1. The van der Waals surface area contributed by atoms with Crippen LogP contribution in [0.3, 0.4) is 0 Å². The van der Waals surface area contributed by atoms with Crippen molar-refractivity contribution in [1.82, 2.24) is 0 Å². The average Bonchev–Trinajstić information content (AvgIpc) is 3.74. The second-order valence-corrected chi connectivity index (χ2v) is 18.5. The van der Waals surface area contributed by atoms with Crippen LogP contribution in [0.5, 0.6) is 0 Å². The van der Waals surface area contributed by atoms with E-state index in [2.05, 4.69) is 20.1 Å². The second-order valence-electron chi connectivity index (χ2n) is 18.5. The number of hydrogen-bond acceptors (Lipinski definition) is 13. The normalized spacial score (nSPS) is 54.9. The Morgan fingerprint density at radius 1 is 0.673 bits per heavy atom. The number of fused-ring (bicyclic) bond motifs is 7. The molecule has 0 aromatic rings. The molecule has 0 amide bonds. The molecule has 1 spiro atoms. The van der Waals surface area contributed by atoms with Crippen molar-refractivity contribution in [3.63, 3.8) is 0 Å². The molecule has 11 aliphatic rings. The highest BCUT2D eigenvalue weighted by atomic mass is 16.8. The fourth-order valence-corrected chi connectivity index (χ4v) is 11.9. The Balaban J connectivity index is 0.934. The van der Waals surface area contributed by atoms with Gasteiger partial charge in [0.25, 0.3) is 0 Å². The number of rotatable bonds is 2. The summed E-state index contributed by atoms with van der Waals surface area (Å²) in [7, 11) is 0. The summed E-state index contributed by atoms with van der Waals surface area (Å²) in [6.45, 7) is 13.1. The first-order valence-electron chi connectivity index (χ1n) is 21.3. The molecule has 13 heteroatoms. The van der Waals surface area contributed by atoms with Gasteiger partial charge in [0.15, 0.2) is 5.79 Å². The van der Waals surface area contributed by atoms with Crippen LogP contribution in [0.4, 0.5) is 0 Å². The molecular formula is C42H60O13. The zero-order valence-corrected chi connectivity index (χ0v) is 32.2. The van der Waals surface area contributed by atoms with Gasteiger partial charge in [0.05, 0.1) is 79.7 Å². The Labute approximate surface area is 323 Å². The van der Waals surface area contributed by atoms with E-state index in [1.165, 1.54) is 0 Å². The van der Waals surface area contributed by atoms with E-state index < -0.39 is 48.5 Å². The first-order chi connectivity index (χ1) is 26.5. The molecule has 21 atom stereocenters. The number of carbonyl (C=O) groups is 1. The van der Waals surface area contributed by atoms with Crippen molar-refractivity contribution in [3.8, 4) is 0 Å². The van der Waals surface area contributed by atoms with Crippen LogP contribution in [0, 0.1) is 11.8 Å². The van der Waals surface area contributed by atoms with E-state index >= 15 is 0 Å². The molecule has 0 saturated carbocycles. The zero-order valence-electron chi connectivity index (χ0n) is 32.2.